The molecule has 2 N–H and O–H groups in total. The van der Waals surface area contributed by atoms with Gasteiger partial charge in [0.2, 0.25) is 5.91 Å². The minimum atomic E-state index is -0.734. The van der Waals surface area contributed by atoms with Crippen LogP contribution in [0.1, 0.15) is 37.6 Å². The van der Waals surface area contributed by atoms with Crippen molar-refractivity contribution in [3.8, 4) is 0 Å². The van der Waals surface area contributed by atoms with E-state index < -0.39 is 17.8 Å². The van der Waals surface area contributed by atoms with Crippen molar-refractivity contribution in [1.82, 2.24) is 15.1 Å². The van der Waals surface area contributed by atoms with E-state index in [-0.39, 0.29) is 29.5 Å². The lowest BCUT2D eigenvalue weighted by Crippen LogP contribution is -2.60. The minimum Gasteiger partial charge on any atom is -0.340 e. The summed E-state index contributed by atoms with van der Waals surface area (Å²) in [5, 5.41) is 5.68. The van der Waals surface area contributed by atoms with Gasteiger partial charge in [-0.1, -0.05) is 44.5 Å². The van der Waals surface area contributed by atoms with E-state index in [0.29, 0.717) is 31.7 Å². The molecule has 3 unspecified atom stereocenters. The van der Waals surface area contributed by atoms with Crippen molar-refractivity contribution in [2.75, 3.05) is 25.0 Å². The minimum absolute atomic E-state index is 0.107. The molecular weight excluding hydrogens is 423 g/mol. The molecule has 33 heavy (non-hydrogen) atoms. The van der Waals surface area contributed by atoms with Crippen molar-refractivity contribution in [2.24, 2.45) is 5.92 Å². The summed E-state index contributed by atoms with van der Waals surface area (Å²) in [6, 6.07) is 13.5. The number of benzene rings is 2. The number of anilines is 1. The Morgan fingerprint density at radius 1 is 1.09 bits per heavy atom. The molecule has 0 aliphatic carbocycles. The van der Waals surface area contributed by atoms with E-state index in [1.807, 2.05) is 51.1 Å². The number of nitrogens with zero attached hydrogens (tertiary/aromatic N) is 2. The summed E-state index contributed by atoms with van der Waals surface area (Å²) in [6.45, 7) is 6.87. The molecule has 1 heterocycles. The molecule has 1 aliphatic rings. The lowest BCUT2D eigenvalue weighted by atomic mass is 9.96. The highest BCUT2D eigenvalue weighted by Crippen LogP contribution is 2.18. The summed E-state index contributed by atoms with van der Waals surface area (Å²) in [4.78, 5) is 42.1. The maximum absolute atomic E-state index is 13.5. The normalized spacial score (nSPS) is 17.8. The molecule has 1 saturated heterocycles. The van der Waals surface area contributed by atoms with Gasteiger partial charge in [-0.3, -0.25) is 9.59 Å². The summed E-state index contributed by atoms with van der Waals surface area (Å²) in [5.74, 6) is -1.29. The van der Waals surface area contributed by atoms with Gasteiger partial charge in [0.25, 0.3) is 5.91 Å². The van der Waals surface area contributed by atoms with Crippen LogP contribution in [0.4, 0.5) is 14.9 Å². The Morgan fingerprint density at radius 3 is 2.45 bits per heavy atom. The summed E-state index contributed by atoms with van der Waals surface area (Å²) in [5.41, 5.74) is 0.886. The number of amides is 4. The lowest BCUT2D eigenvalue weighted by molar-refractivity contribution is -0.136. The van der Waals surface area contributed by atoms with Gasteiger partial charge in [0, 0.05) is 36.9 Å². The molecule has 1 aliphatic heterocycles. The zero-order valence-corrected chi connectivity index (χ0v) is 19.3. The van der Waals surface area contributed by atoms with Gasteiger partial charge in [-0.2, -0.15) is 0 Å². The van der Waals surface area contributed by atoms with Gasteiger partial charge in [0.15, 0.2) is 0 Å². The van der Waals surface area contributed by atoms with E-state index in [9.17, 15) is 18.8 Å². The van der Waals surface area contributed by atoms with Gasteiger partial charge in [-0.25, -0.2) is 9.18 Å². The number of piperazine rings is 1. The van der Waals surface area contributed by atoms with Crippen LogP contribution in [0.3, 0.4) is 0 Å². The second kappa shape index (κ2) is 10.9. The number of halogens is 1. The molecule has 176 valence electrons. The quantitative estimate of drug-likeness (QED) is 0.698. The van der Waals surface area contributed by atoms with Crippen LogP contribution in [0.5, 0.6) is 0 Å². The van der Waals surface area contributed by atoms with Gasteiger partial charge < -0.3 is 20.4 Å². The van der Waals surface area contributed by atoms with Crippen LogP contribution in [-0.2, 0) is 4.79 Å². The van der Waals surface area contributed by atoms with Gasteiger partial charge in [-0.05, 0) is 43.2 Å². The van der Waals surface area contributed by atoms with Gasteiger partial charge in [0.1, 0.15) is 11.9 Å². The second-order valence-corrected chi connectivity index (χ2v) is 8.47. The molecule has 0 spiro atoms. The van der Waals surface area contributed by atoms with Crippen LogP contribution in [0, 0.1) is 11.7 Å². The van der Waals surface area contributed by atoms with Crippen LogP contribution in [0.25, 0.3) is 0 Å². The van der Waals surface area contributed by atoms with E-state index in [1.54, 1.807) is 9.80 Å². The fourth-order valence-electron chi connectivity index (χ4n) is 3.91. The number of hydrogen-bond acceptors (Lipinski definition) is 3. The Hall–Kier alpha value is -3.42. The van der Waals surface area contributed by atoms with Gasteiger partial charge in [0.05, 0.1) is 0 Å². The second-order valence-electron chi connectivity index (χ2n) is 8.47. The first kappa shape index (κ1) is 24.2. The Bertz CT molecular complexity index is 985. The van der Waals surface area contributed by atoms with Crippen LogP contribution < -0.4 is 10.6 Å². The van der Waals surface area contributed by atoms with Crippen LogP contribution in [0.15, 0.2) is 54.6 Å². The molecule has 0 bridgehead atoms. The predicted octanol–water partition coefficient (Wildman–Crippen LogP) is 3.74. The molecule has 0 saturated carbocycles. The maximum Gasteiger partial charge on any atom is 0.322 e. The van der Waals surface area contributed by atoms with Crippen LogP contribution in [-0.4, -0.2) is 59.4 Å². The van der Waals surface area contributed by atoms with E-state index >= 15 is 0 Å². The lowest BCUT2D eigenvalue weighted by Gasteiger charge is -2.41. The van der Waals surface area contributed by atoms with Crippen LogP contribution >= 0.6 is 0 Å². The molecule has 4 amide bonds. The average molecular weight is 455 g/mol. The van der Waals surface area contributed by atoms with Crippen molar-refractivity contribution in [1.29, 1.82) is 0 Å². The highest BCUT2D eigenvalue weighted by atomic mass is 19.1. The predicted molar refractivity (Wildman–Crippen MR) is 125 cm³/mol. The Morgan fingerprint density at radius 2 is 1.82 bits per heavy atom. The summed E-state index contributed by atoms with van der Waals surface area (Å²) < 4.78 is 13.5. The fraction of sp³-hybridized carbons (Fsp3) is 0.400. The van der Waals surface area contributed by atoms with Crippen molar-refractivity contribution >= 4 is 23.5 Å². The number of nitrogens with one attached hydrogen (secondary N) is 2. The van der Waals surface area contributed by atoms with Crippen molar-refractivity contribution < 1.29 is 18.8 Å². The SMILES string of the molecule is CCC(C)C(NC(=O)c1cccc(F)c1)C(=O)N1CCN(C(=O)Nc2ccccc2)C(C)C1. The standard InChI is InChI=1S/C25H31FN4O3/c1-4-17(2)22(28-23(31)19-9-8-10-20(26)15-19)24(32)29-13-14-30(18(3)16-29)25(33)27-21-11-6-5-7-12-21/h5-12,15,17-18,22H,4,13-14,16H2,1-3H3,(H,27,33)(H,28,31). The summed E-state index contributed by atoms with van der Waals surface area (Å²) >= 11 is 0. The molecular formula is C25H31FN4O3. The molecule has 8 heteroatoms. The van der Waals surface area contributed by atoms with E-state index in [4.69, 9.17) is 0 Å². The molecule has 2 aromatic carbocycles. The molecule has 0 radical (unpaired) electrons. The first-order valence-electron chi connectivity index (χ1n) is 11.3. The zero-order chi connectivity index (χ0) is 24.0. The average Bonchev–Trinajstić information content (AvgIpc) is 2.82. The number of rotatable bonds is 6. The number of carbonyl (C=O) groups excluding carboxylic acids is 3. The third-order valence-corrected chi connectivity index (χ3v) is 6.08. The Kier molecular flexibility index (Phi) is 8.03. The number of hydrogen-bond donors (Lipinski definition) is 2. The Labute approximate surface area is 193 Å². The number of urea groups is 1. The Balaban J connectivity index is 1.65. The van der Waals surface area contributed by atoms with E-state index in [0.717, 1.165) is 6.07 Å². The van der Waals surface area contributed by atoms with Gasteiger partial charge in [-0.15, -0.1) is 0 Å². The highest BCUT2D eigenvalue weighted by molar-refractivity contribution is 5.97. The van der Waals surface area contributed by atoms with Crippen molar-refractivity contribution in [2.45, 2.75) is 39.3 Å². The summed E-state index contributed by atoms with van der Waals surface area (Å²) in [7, 11) is 0. The topological polar surface area (TPSA) is 81.8 Å². The number of para-hydroxylation sites is 1. The zero-order valence-electron chi connectivity index (χ0n) is 19.3. The van der Waals surface area contributed by atoms with Crippen LogP contribution in [0.2, 0.25) is 0 Å². The summed E-state index contributed by atoms with van der Waals surface area (Å²) in [6.07, 6.45) is 0.689. The maximum atomic E-state index is 13.5. The fourth-order valence-corrected chi connectivity index (χ4v) is 3.91. The smallest absolute Gasteiger partial charge is 0.322 e. The molecule has 3 rings (SSSR count). The molecule has 7 nitrogen and oxygen atoms in total. The third kappa shape index (κ3) is 6.09. The van der Waals surface area contributed by atoms with Crippen molar-refractivity contribution in [3.05, 3.63) is 66.0 Å². The first-order valence-corrected chi connectivity index (χ1v) is 11.3. The monoisotopic (exact) mass is 454 g/mol. The number of carbonyl (C=O) groups is 3. The highest BCUT2D eigenvalue weighted by Gasteiger charge is 2.35. The van der Waals surface area contributed by atoms with E-state index in [2.05, 4.69) is 10.6 Å². The molecule has 0 aromatic heterocycles. The van der Waals surface area contributed by atoms with Gasteiger partial charge >= 0.3 is 6.03 Å². The van der Waals surface area contributed by atoms with E-state index in [1.165, 1.54) is 18.2 Å². The third-order valence-electron chi connectivity index (χ3n) is 6.08. The van der Waals surface area contributed by atoms with Crippen molar-refractivity contribution in [3.63, 3.8) is 0 Å². The molecule has 3 atom stereocenters. The largest absolute Gasteiger partial charge is 0.340 e. The first-order chi connectivity index (χ1) is 15.8. The molecule has 2 aromatic rings. The molecule has 1 fully saturated rings.